The predicted molar refractivity (Wildman–Crippen MR) is 145 cm³/mol. The molecule has 0 radical (unpaired) electrons. The first-order chi connectivity index (χ1) is 18.1. The van der Waals surface area contributed by atoms with Gasteiger partial charge in [-0.3, -0.25) is 4.79 Å². The second-order valence-corrected chi connectivity index (χ2v) is 10.6. The van der Waals surface area contributed by atoms with Gasteiger partial charge >= 0.3 is 5.97 Å². The van der Waals surface area contributed by atoms with Crippen LogP contribution in [-0.4, -0.2) is 23.1 Å². The van der Waals surface area contributed by atoms with Gasteiger partial charge in [-0.05, 0) is 62.6 Å². The minimum Gasteiger partial charge on any atom is -0.455 e. The molecule has 196 valence electrons. The molecule has 1 aliphatic rings. The lowest BCUT2D eigenvalue weighted by Gasteiger charge is -2.20. The molecule has 0 fully saturated rings. The van der Waals surface area contributed by atoms with Gasteiger partial charge in [-0.1, -0.05) is 35.9 Å². The summed E-state index contributed by atoms with van der Waals surface area (Å²) < 4.78 is 26.1. The van der Waals surface area contributed by atoms with Crippen molar-refractivity contribution in [3.05, 3.63) is 98.2 Å². The van der Waals surface area contributed by atoms with Crippen molar-refractivity contribution < 1.29 is 18.3 Å². The van der Waals surface area contributed by atoms with Gasteiger partial charge in [0.25, 0.3) is 0 Å². The Morgan fingerprint density at radius 1 is 1.13 bits per heavy atom. The van der Waals surface area contributed by atoms with Gasteiger partial charge in [-0.25, -0.2) is 14.2 Å². The van der Waals surface area contributed by atoms with Gasteiger partial charge in [-0.15, -0.1) is 0 Å². The van der Waals surface area contributed by atoms with E-state index < -0.39 is 17.4 Å². The summed E-state index contributed by atoms with van der Waals surface area (Å²) in [6.07, 6.45) is 0.317. The number of fused-ring (bicyclic) bond motifs is 2. The number of halogens is 2. The molecule has 2 aromatic carbocycles. The highest BCUT2D eigenvalue weighted by Gasteiger charge is 2.24. The zero-order chi connectivity index (χ0) is 27.0. The van der Waals surface area contributed by atoms with Gasteiger partial charge in [0.1, 0.15) is 22.2 Å². The Balaban J connectivity index is 1.40. The number of carbonyl (C=O) groups is 1. The quantitative estimate of drug-likeness (QED) is 0.235. The molecule has 0 saturated heterocycles. The summed E-state index contributed by atoms with van der Waals surface area (Å²) in [5.74, 6) is -0.696. The first kappa shape index (κ1) is 25.7. The number of benzene rings is 2. The molecule has 1 N–H and O–H groups in total. The van der Waals surface area contributed by atoms with Gasteiger partial charge in [0.15, 0.2) is 11.1 Å². The molecule has 0 spiro atoms. The number of aromatic nitrogens is 1. The maximum absolute atomic E-state index is 14.5. The summed E-state index contributed by atoms with van der Waals surface area (Å²) >= 11 is 6.02. The van der Waals surface area contributed by atoms with Gasteiger partial charge in [0.2, 0.25) is 5.88 Å². The van der Waals surface area contributed by atoms with Gasteiger partial charge in [-0.2, -0.15) is 0 Å². The van der Waals surface area contributed by atoms with E-state index in [4.69, 9.17) is 20.8 Å². The lowest BCUT2D eigenvalue weighted by Crippen LogP contribution is -2.25. The number of nitrogens with zero attached hydrogens (tertiary/aromatic N) is 2. The molecule has 1 aliphatic heterocycles. The summed E-state index contributed by atoms with van der Waals surface area (Å²) in [7, 11) is 0. The molecule has 5 rings (SSSR count). The summed E-state index contributed by atoms with van der Waals surface area (Å²) in [5, 5.41) is 3.50. The van der Waals surface area contributed by atoms with Crippen molar-refractivity contribution in [2.24, 2.45) is 0 Å². The highest BCUT2D eigenvalue weighted by atomic mass is 35.5. The molecule has 0 bridgehead atoms. The molecule has 7 nitrogen and oxygen atoms in total. The highest BCUT2D eigenvalue weighted by molar-refractivity contribution is 6.29. The van der Waals surface area contributed by atoms with Crippen LogP contribution >= 0.6 is 11.6 Å². The van der Waals surface area contributed by atoms with Crippen LogP contribution in [0.2, 0.25) is 5.15 Å². The van der Waals surface area contributed by atoms with Gasteiger partial charge in [0.05, 0.1) is 11.1 Å². The molecular formula is C29H27ClFN3O4. The maximum atomic E-state index is 14.5. The van der Waals surface area contributed by atoms with Crippen molar-refractivity contribution in [1.82, 2.24) is 4.98 Å². The molecule has 3 heterocycles. The van der Waals surface area contributed by atoms with E-state index >= 15 is 0 Å². The number of hydrogen-bond acceptors (Lipinski definition) is 7. The number of pyridine rings is 1. The van der Waals surface area contributed by atoms with E-state index in [0.717, 1.165) is 0 Å². The minimum atomic E-state index is -0.704. The number of nitrogens with one attached hydrogen (secondary N) is 1. The van der Waals surface area contributed by atoms with E-state index in [-0.39, 0.29) is 21.7 Å². The van der Waals surface area contributed by atoms with Crippen molar-refractivity contribution >= 4 is 40.1 Å². The molecule has 38 heavy (non-hydrogen) atoms. The van der Waals surface area contributed by atoms with Crippen LogP contribution < -0.4 is 15.6 Å². The molecule has 0 atom stereocenters. The zero-order valence-electron chi connectivity index (χ0n) is 21.3. The van der Waals surface area contributed by atoms with Crippen LogP contribution in [0.15, 0.2) is 63.8 Å². The third-order valence-corrected chi connectivity index (χ3v) is 6.38. The Morgan fingerprint density at radius 2 is 1.84 bits per heavy atom. The molecule has 2 aromatic heterocycles. The van der Waals surface area contributed by atoms with E-state index in [1.54, 1.807) is 32.9 Å². The molecule has 9 heteroatoms. The normalized spacial score (nSPS) is 13.0. The smallest absolute Gasteiger partial charge is 0.359 e. The second kappa shape index (κ2) is 10.1. The SMILES string of the molecule is CC(C)(C)OC(=O)c1nc(Cl)ccc1NCCc1cc(F)cc2c(=O)cc(N3Cc4ccccc4C3)oc12. The number of carbonyl (C=O) groups excluding carboxylic acids is 1. The Bertz CT molecular complexity index is 1570. The second-order valence-electron chi connectivity index (χ2n) is 10.2. The Hall–Kier alpha value is -3.91. The predicted octanol–water partition coefficient (Wildman–Crippen LogP) is 6.11. The molecule has 4 aromatic rings. The van der Waals surface area contributed by atoms with Crippen LogP contribution in [0.3, 0.4) is 0 Å². The van der Waals surface area contributed by atoms with Crippen molar-refractivity contribution in [3.8, 4) is 0 Å². The van der Waals surface area contributed by atoms with Crippen molar-refractivity contribution in [2.45, 2.75) is 45.9 Å². The van der Waals surface area contributed by atoms with Gasteiger partial charge in [0, 0.05) is 31.3 Å². The molecule has 0 aliphatic carbocycles. The Morgan fingerprint density at radius 3 is 2.53 bits per heavy atom. The Labute approximate surface area is 224 Å². The Kier molecular flexibility index (Phi) is 6.84. The van der Waals surface area contributed by atoms with Crippen LogP contribution in [0.4, 0.5) is 16.0 Å². The molecule has 0 saturated carbocycles. The zero-order valence-corrected chi connectivity index (χ0v) is 22.1. The van der Waals surface area contributed by atoms with Crippen LogP contribution in [0, 0.1) is 5.82 Å². The number of ether oxygens (including phenoxy) is 1. The van der Waals surface area contributed by atoms with E-state index in [0.29, 0.717) is 48.8 Å². The van der Waals surface area contributed by atoms with E-state index in [9.17, 15) is 14.0 Å². The van der Waals surface area contributed by atoms with Crippen LogP contribution in [0.5, 0.6) is 0 Å². The van der Waals surface area contributed by atoms with Crippen molar-refractivity contribution in [1.29, 1.82) is 0 Å². The van der Waals surface area contributed by atoms with Gasteiger partial charge < -0.3 is 19.4 Å². The van der Waals surface area contributed by atoms with E-state index in [1.165, 1.54) is 29.3 Å². The largest absolute Gasteiger partial charge is 0.455 e. The number of esters is 1. The fraction of sp³-hybridized carbons (Fsp3) is 0.276. The standard InChI is InChI=1S/C29H27ClFN3O4/c1-29(2,3)38-28(36)26-22(8-9-24(30)33-26)32-11-10-17-12-20(31)13-21-23(35)14-25(37-27(17)21)34-15-18-6-4-5-7-19(18)16-34/h4-9,12-14,32H,10-11,15-16H2,1-3H3. The average molecular weight is 536 g/mol. The van der Waals surface area contributed by atoms with Crippen LogP contribution in [0.25, 0.3) is 11.0 Å². The van der Waals surface area contributed by atoms with Crippen molar-refractivity contribution in [2.75, 3.05) is 16.8 Å². The molecule has 0 unspecified atom stereocenters. The summed E-state index contributed by atoms with van der Waals surface area (Å²) in [6.45, 7) is 6.85. The third kappa shape index (κ3) is 5.50. The van der Waals surface area contributed by atoms with Crippen LogP contribution in [-0.2, 0) is 24.2 Å². The lowest BCUT2D eigenvalue weighted by atomic mass is 10.1. The number of rotatable bonds is 6. The average Bonchev–Trinajstić information content (AvgIpc) is 3.28. The van der Waals surface area contributed by atoms with Crippen LogP contribution in [0.1, 0.15) is 48.0 Å². The summed E-state index contributed by atoms with van der Waals surface area (Å²) in [4.78, 5) is 31.8. The highest BCUT2D eigenvalue weighted by Crippen LogP contribution is 2.30. The first-order valence-electron chi connectivity index (χ1n) is 12.3. The molecule has 0 amide bonds. The van der Waals surface area contributed by atoms with E-state index in [1.807, 2.05) is 17.0 Å². The maximum Gasteiger partial charge on any atom is 0.359 e. The van der Waals surface area contributed by atoms with E-state index in [2.05, 4.69) is 22.4 Å². The third-order valence-electron chi connectivity index (χ3n) is 6.17. The minimum absolute atomic E-state index is 0.0546. The fourth-order valence-corrected chi connectivity index (χ4v) is 4.65. The first-order valence-corrected chi connectivity index (χ1v) is 12.7. The topological polar surface area (TPSA) is 84.7 Å². The number of anilines is 2. The monoisotopic (exact) mass is 535 g/mol. The molecular weight excluding hydrogens is 509 g/mol. The lowest BCUT2D eigenvalue weighted by molar-refractivity contribution is 0.00640. The van der Waals surface area contributed by atoms with Crippen molar-refractivity contribution in [3.63, 3.8) is 0 Å². The summed E-state index contributed by atoms with van der Waals surface area (Å²) in [6, 6.07) is 15.3. The number of hydrogen-bond donors (Lipinski definition) is 1. The summed E-state index contributed by atoms with van der Waals surface area (Å²) in [5.41, 5.74) is 2.70. The fourth-order valence-electron chi connectivity index (χ4n) is 4.50.